The molecular weight excluding hydrogens is 371 g/mol. The molecule has 3 rings (SSSR count). The average molecular weight is 383 g/mol. The van der Waals surface area contributed by atoms with Gasteiger partial charge in [0.2, 0.25) is 10.0 Å². The Morgan fingerprint density at radius 2 is 1.83 bits per heavy atom. The number of sulfonamides is 1. The first-order valence-corrected chi connectivity index (χ1v) is 9.14. The number of rotatable bonds is 5. The van der Waals surface area contributed by atoms with Gasteiger partial charge in [0.15, 0.2) is 5.76 Å². The summed E-state index contributed by atoms with van der Waals surface area (Å²) in [5.74, 6) is 0.605. The molecule has 0 saturated carbocycles. The third-order valence-corrected chi connectivity index (χ3v) is 5.61. The van der Waals surface area contributed by atoms with Crippen LogP contribution >= 0.6 is 23.2 Å². The molecule has 0 aliphatic carbocycles. The zero-order valence-corrected chi connectivity index (χ0v) is 14.6. The van der Waals surface area contributed by atoms with Crippen LogP contribution < -0.4 is 4.72 Å². The standard InChI is InChI=1S/C16H12Cl2N2O3S/c17-12-3-1-4-13(18)16(12)24(21,22)20-10-11-6-7-19-14(9-11)15-5-2-8-23-15/h1-9,20H,10H2. The number of nitrogens with one attached hydrogen (secondary N) is 1. The highest BCUT2D eigenvalue weighted by atomic mass is 35.5. The predicted octanol–water partition coefficient (Wildman–Crippen LogP) is 4.13. The fraction of sp³-hybridized carbons (Fsp3) is 0.0625. The van der Waals surface area contributed by atoms with Gasteiger partial charge in [0.25, 0.3) is 0 Å². The number of halogens is 2. The second kappa shape index (κ2) is 6.94. The van der Waals surface area contributed by atoms with E-state index in [4.69, 9.17) is 27.6 Å². The number of pyridine rings is 1. The van der Waals surface area contributed by atoms with Crippen molar-refractivity contribution in [2.45, 2.75) is 11.4 Å². The number of nitrogens with zero attached hydrogens (tertiary/aromatic N) is 1. The van der Waals surface area contributed by atoms with E-state index in [0.717, 1.165) is 5.56 Å². The van der Waals surface area contributed by atoms with Gasteiger partial charge in [-0.15, -0.1) is 0 Å². The van der Waals surface area contributed by atoms with Crippen LogP contribution in [0.15, 0.2) is 64.2 Å². The Hall–Kier alpha value is -1.86. The molecule has 0 atom stereocenters. The van der Waals surface area contributed by atoms with Gasteiger partial charge in [-0.05, 0) is 42.0 Å². The maximum atomic E-state index is 12.4. The van der Waals surface area contributed by atoms with Crippen LogP contribution in [0.25, 0.3) is 11.5 Å². The summed E-state index contributed by atoms with van der Waals surface area (Å²) in [7, 11) is -3.84. The fourth-order valence-corrected chi connectivity index (χ4v) is 4.29. The normalized spacial score (nSPS) is 11.6. The van der Waals surface area contributed by atoms with Crippen molar-refractivity contribution in [2.75, 3.05) is 0 Å². The molecule has 0 aliphatic heterocycles. The molecule has 0 amide bonds. The lowest BCUT2D eigenvalue weighted by Crippen LogP contribution is -2.24. The third-order valence-electron chi connectivity index (χ3n) is 3.25. The van der Waals surface area contributed by atoms with E-state index in [-0.39, 0.29) is 21.5 Å². The number of benzene rings is 1. The van der Waals surface area contributed by atoms with Crippen molar-refractivity contribution in [1.29, 1.82) is 0 Å². The van der Waals surface area contributed by atoms with Crippen LogP contribution in [0.2, 0.25) is 10.0 Å². The molecule has 124 valence electrons. The largest absolute Gasteiger partial charge is 0.463 e. The Kier molecular flexibility index (Phi) is 4.91. The van der Waals surface area contributed by atoms with Gasteiger partial charge in [0.05, 0.1) is 16.3 Å². The molecule has 2 aromatic heterocycles. The van der Waals surface area contributed by atoms with E-state index >= 15 is 0 Å². The first-order valence-electron chi connectivity index (χ1n) is 6.90. The van der Waals surface area contributed by atoms with Gasteiger partial charge in [-0.3, -0.25) is 4.98 Å². The third kappa shape index (κ3) is 3.62. The molecule has 0 radical (unpaired) electrons. The van der Waals surface area contributed by atoms with Gasteiger partial charge in [-0.1, -0.05) is 29.3 Å². The highest BCUT2D eigenvalue weighted by Gasteiger charge is 2.21. The van der Waals surface area contributed by atoms with Gasteiger partial charge in [-0.25, -0.2) is 13.1 Å². The summed E-state index contributed by atoms with van der Waals surface area (Å²) >= 11 is 11.9. The number of aromatic nitrogens is 1. The first-order chi connectivity index (χ1) is 11.5. The highest BCUT2D eigenvalue weighted by Crippen LogP contribution is 2.29. The van der Waals surface area contributed by atoms with Crippen LogP contribution in [0, 0.1) is 0 Å². The van der Waals surface area contributed by atoms with Gasteiger partial charge in [0.1, 0.15) is 10.6 Å². The SMILES string of the molecule is O=S(=O)(NCc1ccnc(-c2ccco2)c1)c1c(Cl)cccc1Cl. The van der Waals surface area contributed by atoms with Crippen LogP contribution in [0.1, 0.15) is 5.56 Å². The molecule has 0 spiro atoms. The molecular formula is C16H12Cl2N2O3S. The van der Waals surface area contributed by atoms with Crippen molar-refractivity contribution >= 4 is 33.2 Å². The first kappa shape index (κ1) is 17.0. The topological polar surface area (TPSA) is 72.2 Å². The van der Waals surface area contributed by atoms with Crippen molar-refractivity contribution in [3.05, 3.63) is 70.5 Å². The maximum Gasteiger partial charge on any atom is 0.243 e. The van der Waals surface area contributed by atoms with Crippen LogP contribution in [-0.2, 0) is 16.6 Å². The number of hydrogen-bond donors (Lipinski definition) is 1. The molecule has 3 aromatic rings. The summed E-state index contributed by atoms with van der Waals surface area (Å²) in [5.41, 5.74) is 1.34. The predicted molar refractivity (Wildman–Crippen MR) is 92.4 cm³/mol. The zero-order chi connectivity index (χ0) is 17.2. The van der Waals surface area contributed by atoms with Crippen molar-refractivity contribution in [3.8, 4) is 11.5 Å². The summed E-state index contributed by atoms with van der Waals surface area (Å²) in [5, 5.41) is 0.141. The monoisotopic (exact) mass is 382 g/mol. The smallest absolute Gasteiger partial charge is 0.243 e. The molecule has 0 aliphatic rings. The van der Waals surface area contributed by atoms with Crippen LogP contribution in [0.5, 0.6) is 0 Å². The lowest BCUT2D eigenvalue weighted by molar-refractivity contribution is 0.579. The fourth-order valence-electron chi connectivity index (χ4n) is 2.13. The van der Waals surface area contributed by atoms with Gasteiger partial charge in [0, 0.05) is 12.7 Å². The molecule has 0 bridgehead atoms. The molecule has 2 heterocycles. The molecule has 5 nitrogen and oxygen atoms in total. The van der Waals surface area contributed by atoms with E-state index in [9.17, 15) is 8.42 Å². The van der Waals surface area contributed by atoms with E-state index in [1.165, 1.54) is 12.1 Å². The molecule has 1 aromatic carbocycles. The minimum Gasteiger partial charge on any atom is -0.463 e. The lowest BCUT2D eigenvalue weighted by atomic mass is 10.2. The summed E-state index contributed by atoms with van der Waals surface area (Å²) in [6, 6.07) is 11.5. The summed E-state index contributed by atoms with van der Waals surface area (Å²) in [4.78, 5) is 4.07. The minimum atomic E-state index is -3.84. The Bertz CT molecular complexity index is 937. The second-order valence-electron chi connectivity index (χ2n) is 4.90. The van der Waals surface area contributed by atoms with Crippen LogP contribution in [0.4, 0.5) is 0 Å². The minimum absolute atomic E-state index is 0.0696. The second-order valence-corrected chi connectivity index (χ2v) is 7.42. The maximum absolute atomic E-state index is 12.4. The van der Waals surface area contributed by atoms with Gasteiger partial charge in [-0.2, -0.15) is 0 Å². The van der Waals surface area contributed by atoms with Crippen molar-refractivity contribution in [3.63, 3.8) is 0 Å². The van der Waals surface area contributed by atoms with Crippen molar-refractivity contribution in [1.82, 2.24) is 9.71 Å². The van der Waals surface area contributed by atoms with Crippen LogP contribution in [0.3, 0.4) is 0 Å². The molecule has 24 heavy (non-hydrogen) atoms. The van der Waals surface area contributed by atoms with E-state index in [1.807, 2.05) is 0 Å². The molecule has 0 saturated heterocycles. The Morgan fingerprint density at radius 3 is 2.50 bits per heavy atom. The Balaban J connectivity index is 1.82. The molecule has 0 unspecified atom stereocenters. The van der Waals surface area contributed by atoms with Crippen molar-refractivity contribution < 1.29 is 12.8 Å². The van der Waals surface area contributed by atoms with E-state index in [1.54, 1.807) is 42.8 Å². The van der Waals surface area contributed by atoms with Gasteiger partial charge < -0.3 is 4.42 Å². The summed E-state index contributed by atoms with van der Waals surface area (Å²) in [6.45, 7) is 0.0696. The van der Waals surface area contributed by atoms with Gasteiger partial charge >= 0.3 is 0 Å². The Labute approximate surface area is 149 Å². The summed E-state index contributed by atoms with van der Waals surface area (Å²) in [6.07, 6.45) is 3.13. The number of hydrogen-bond acceptors (Lipinski definition) is 4. The Morgan fingerprint density at radius 1 is 1.08 bits per heavy atom. The van der Waals surface area contributed by atoms with Crippen LogP contribution in [-0.4, -0.2) is 13.4 Å². The molecule has 1 N–H and O–H groups in total. The zero-order valence-electron chi connectivity index (χ0n) is 12.2. The highest BCUT2D eigenvalue weighted by molar-refractivity contribution is 7.89. The average Bonchev–Trinajstić information content (AvgIpc) is 3.07. The van der Waals surface area contributed by atoms with E-state index < -0.39 is 10.0 Å². The lowest BCUT2D eigenvalue weighted by Gasteiger charge is -2.10. The number of furan rings is 1. The van der Waals surface area contributed by atoms with E-state index in [0.29, 0.717) is 11.5 Å². The van der Waals surface area contributed by atoms with Crippen molar-refractivity contribution in [2.24, 2.45) is 0 Å². The quantitative estimate of drug-likeness (QED) is 0.719. The van der Waals surface area contributed by atoms with E-state index in [2.05, 4.69) is 9.71 Å². The summed E-state index contributed by atoms with van der Waals surface area (Å²) < 4.78 is 32.7. The molecule has 8 heteroatoms. The molecule has 0 fully saturated rings.